The van der Waals surface area contributed by atoms with Crippen molar-refractivity contribution in [1.29, 1.82) is 0 Å². The number of nitrogens with one attached hydrogen (secondary N) is 1. The van der Waals surface area contributed by atoms with Crippen LogP contribution in [0.1, 0.15) is 19.8 Å². The summed E-state index contributed by atoms with van der Waals surface area (Å²) in [5.41, 5.74) is 0.131. The van der Waals surface area contributed by atoms with Crippen LogP contribution < -0.4 is 4.72 Å². The average molecular weight is 389 g/mol. The van der Waals surface area contributed by atoms with Crippen LogP contribution in [0.4, 0.5) is 18.9 Å². The number of ether oxygens (including phenoxy) is 3. The number of benzene rings is 1. The predicted octanol–water partition coefficient (Wildman–Crippen LogP) is 3.56. The summed E-state index contributed by atoms with van der Waals surface area (Å²) in [5, 5.41) is -0.389. The number of halogens is 3. The molecule has 0 radical (unpaired) electrons. The van der Waals surface area contributed by atoms with Gasteiger partial charge in [0.1, 0.15) is 5.82 Å². The summed E-state index contributed by atoms with van der Waals surface area (Å²) < 4.78 is 59.1. The first-order valence-electron chi connectivity index (χ1n) is 8.18. The van der Waals surface area contributed by atoms with E-state index >= 15 is 0 Å². The second-order valence-corrected chi connectivity index (χ2v) is 6.83. The van der Waals surface area contributed by atoms with E-state index in [1.807, 2.05) is 0 Å². The van der Waals surface area contributed by atoms with Gasteiger partial charge in [-0.15, -0.1) is 0 Å². The molecule has 1 unspecified atom stereocenters. The number of hydrogen-bond donors (Lipinski definition) is 1. The van der Waals surface area contributed by atoms with Crippen molar-refractivity contribution in [2.24, 2.45) is 0 Å². The maximum Gasteiger partial charge on any atom is 0.335 e. The Balaban J connectivity index is 1.77. The molecule has 1 aliphatic heterocycles. The Morgan fingerprint density at radius 2 is 1.96 bits per heavy atom. The highest BCUT2D eigenvalue weighted by Gasteiger charge is 2.42. The monoisotopic (exact) mass is 389 g/mol. The van der Waals surface area contributed by atoms with E-state index in [2.05, 4.69) is 4.72 Å². The van der Waals surface area contributed by atoms with Crippen LogP contribution in [0.5, 0.6) is 0 Å². The molecule has 1 aromatic rings. The smallest absolute Gasteiger partial charge is 0.335 e. The van der Waals surface area contributed by atoms with Gasteiger partial charge in [-0.2, -0.15) is 0 Å². The summed E-state index contributed by atoms with van der Waals surface area (Å²) in [4.78, 5) is 12.3. The van der Waals surface area contributed by atoms with E-state index in [0.717, 1.165) is 18.0 Å². The zero-order chi connectivity index (χ0) is 18.7. The Hall–Kier alpha value is -1.71. The molecule has 9 heteroatoms. The third kappa shape index (κ3) is 3.99. The van der Waals surface area contributed by atoms with E-state index in [0.29, 0.717) is 37.7 Å². The van der Waals surface area contributed by atoms with E-state index in [9.17, 15) is 18.0 Å². The fourth-order valence-electron chi connectivity index (χ4n) is 2.85. The highest BCUT2D eigenvalue weighted by Crippen LogP contribution is 2.39. The van der Waals surface area contributed by atoms with Gasteiger partial charge in [0.2, 0.25) is 0 Å². The second-order valence-electron chi connectivity index (χ2n) is 5.82. The summed E-state index contributed by atoms with van der Waals surface area (Å²) in [5.74, 6) is -4.80. The van der Waals surface area contributed by atoms with Gasteiger partial charge < -0.3 is 18.9 Å². The van der Waals surface area contributed by atoms with E-state index < -0.39 is 29.2 Å². The summed E-state index contributed by atoms with van der Waals surface area (Å²) >= 11 is 1.02. The van der Waals surface area contributed by atoms with Gasteiger partial charge in [-0.1, -0.05) is 0 Å². The molecule has 0 amide bonds. The molecule has 1 N–H and O–H groups in total. The topological polar surface area (TPSA) is 56.8 Å². The molecule has 1 aromatic carbocycles. The molecule has 3 rings (SSSR count). The Labute approximate surface area is 153 Å². The largest absolute Gasteiger partial charge is 0.463 e. The summed E-state index contributed by atoms with van der Waals surface area (Å²) in [7, 11) is 0. The molecule has 2 aliphatic rings. The first-order valence-corrected chi connectivity index (χ1v) is 9.06. The molecule has 1 fully saturated rings. The molecular weight excluding hydrogens is 371 g/mol. The molecule has 0 saturated carbocycles. The minimum absolute atomic E-state index is 0.202. The minimum atomic E-state index is -1.26. The zero-order valence-electron chi connectivity index (χ0n) is 14.0. The van der Waals surface area contributed by atoms with Gasteiger partial charge in [0.15, 0.2) is 17.4 Å². The molecule has 1 spiro atoms. The Kier molecular flexibility index (Phi) is 5.79. The summed E-state index contributed by atoms with van der Waals surface area (Å²) in [6.07, 6.45) is 2.60. The van der Waals surface area contributed by atoms with Gasteiger partial charge >= 0.3 is 5.97 Å². The van der Waals surface area contributed by atoms with Crippen LogP contribution in [0.3, 0.4) is 0 Å². The Bertz CT molecular complexity index is 722. The summed E-state index contributed by atoms with van der Waals surface area (Å²) in [6.45, 7) is 2.76. The number of carbonyl (C=O) groups is 1. The van der Waals surface area contributed by atoms with Crippen molar-refractivity contribution in [3.63, 3.8) is 0 Å². The van der Waals surface area contributed by atoms with Crippen molar-refractivity contribution < 1.29 is 32.2 Å². The number of esters is 1. The standard InChI is InChI=1S/C17H18F3NO4S/c1-2-23-16(22)10-9-17(24-5-6-25-17)4-3-15(10)26-21-14-8-12(19)11(18)7-13(14)20/h7-9,15,21H,2-6H2,1H3. The molecule has 1 atom stereocenters. The lowest BCUT2D eigenvalue weighted by Gasteiger charge is -2.33. The second kappa shape index (κ2) is 7.89. The lowest BCUT2D eigenvalue weighted by molar-refractivity contribution is -0.142. The number of hydrogen-bond acceptors (Lipinski definition) is 6. The molecular formula is C17H18F3NO4S. The van der Waals surface area contributed by atoms with Crippen LogP contribution in [-0.4, -0.2) is 36.8 Å². The molecule has 1 heterocycles. The van der Waals surface area contributed by atoms with Crippen molar-refractivity contribution in [3.05, 3.63) is 41.2 Å². The third-order valence-electron chi connectivity index (χ3n) is 4.09. The van der Waals surface area contributed by atoms with Gasteiger partial charge in [-0.05, 0) is 31.4 Å². The quantitative estimate of drug-likeness (QED) is 0.472. The van der Waals surface area contributed by atoms with Gasteiger partial charge in [0.25, 0.3) is 0 Å². The Morgan fingerprint density at radius 1 is 1.27 bits per heavy atom. The van der Waals surface area contributed by atoms with Crippen molar-refractivity contribution >= 4 is 23.6 Å². The zero-order valence-corrected chi connectivity index (χ0v) is 14.8. The van der Waals surface area contributed by atoms with E-state index in [1.165, 1.54) is 0 Å². The van der Waals surface area contributed by atoms with Gasteiger partial charge in [-0.25, -0.2) is 18.0 Å². The average Bonchev–Trinajstić information content (AvgIpc) is 3.06. The fourth-order valence-corrected chi connectivity index (χ4v) is 3.80. The molecule has 0 aromatic heterocycles. The predicted molar refractivity (Wildman–Crippen MR) is 89.9 cm³/mol. The fraction of sp³-hybridized carbons (Fsp3) is 0.471. The third-order valence-corrected chi connectivity index (χ3v) is 5.20. The Morgan fingerprint density at radius 3 is 2.65 bits per heavy atom. The van der Waals surface area contributed by atoms with Crippen molar-refractivity contribution in [1.82, 2.24) is 0 Å². The van der Waals surface area contributed by atoms with Gasteiger partial charge in [-0.3, -0.25) is 0 Å². The van der Waals surface area contributed by atoms with E-state index in [4.69, 9.17) is 14.2 Å². The van der Waals surface area contributed by atoms with Gasteiger partial charge in [0.05, 0.1) is 36.3 Å². The SMILES string of the molecule is CCOC(=O)C1=CC2(CCC1SNc1cc(F)c(F)cc1F)OCCO2. The van der Waals surface area contributed by atoms with Crippen LogP contribution in [0, 0.1) is 17.5 Å². The highest BCUT2D eigenvalue weighted by atomic mass is 32.2. The molecule has 1 saturated heterocycles. The molecule has 0 bridgehead atoms. The van der Waals surface area contributed by atoms with E-state index in [1.54, 1.807) is 13.0 Å². The maximum atomic E-state index is 13.8. The number of rotatable bonds is 5. The van der Waals surface area contributed by atoms with Crippen molar-refractivity contribution in [3.8, 4) is 0 Å². The van der Waals surface area contributed by atoms with Crippen molar-refractivity contribution in [2.45, 2.75) is 30.8 Å². The number of carbonyl (C=O) groups excluding carboxylic acids is 1. The molecule has 26 heavy (non-hydrogen) atoms. The first kappa shape index (κ1) is 19.1. The highest BCUT2D eigenvalue weighted by molar-refractivity contribution is 8.01. The van der Waals surface area contributed by atoms with Crippen LogP contribution in [0.25, 0.3) is 0 Å². The minimum Gasteiger partial charge on any atom is -0.463 e. The first-order chi connectivity index (χ1) is 12.4. The summed E-state index contributed by atoms with van der Waals surface area (Å²) in [6, 6.07) is 1.20. The molecule has 1 aliphatic carbocycles. The lowest BCUT2D eigenvalue weighted by atomic mass is 9.94. The maximum absolute atomic E-state index is 13.8. The number of anilines is 1. The van der Waals surface area contributed by atoms with Crippen LogP contribution in [0.2, 0.25) is 0 Å². The normalized spacial score (nSPS) is 21.5. The van der Waals surface area contributed by atoms with Gasteiger partial charge in [0, 0.05) is 18.6 Å². The molecule has 142 valence electrons. The molecule has 5 nitrogen and oxygen atoms in total. The van der Waals surface area contributed by atoms with Crippen LogP contribution >= 0.6 is 11.9 Å². The lowest BCUT2D eigenvalue weighted by Crippen LogP contribution is -2.36. The van der Waals surface area contributed by atoms with Crippen molar-refractivity contribution in [2.75, 3.05) is 24.5 Å². The van der Waals surface area contributed by atoms with E-state index in [-0.39, 0.29) is 17.5 Å². The van der Waals surface area contributed by atoms with Crippen LogP contribution in [0.15, 0.2) is 23.8 Å². The van der Waals surface area contributed by atoms with Crippen LogP contribution in [-0.2, 0) is 19.0 Å².